The predicted octanol–water partition coefficient (Wildman–Crippen LogP) is 0.0699. The zero-order chi connectivity index (χ0) is 8.85. The van der Waals surface area contributed by atoms with Crippen LogP contribution in [0.3, 0.4) is 0 Å². The summed E-state index contributed by atoms with van der Waals surface area (Å²) in [6.07, 6.45) is 0.187. The van der Waals surface area contributed by atoms with Gasteiger partial charge in [0.15, 0.2) is 0 Å². The van der Waals surface area contributed by atoms with Crippen molar-refractivity contribution < 1.29 is 10.2 Å². The first-order valence-electron chi connectivity index (χ1n) is 4.11. The van der Waals surface area contributed by atoms with Gasteiger partial charge in [0, 0.05) is 13.1 Å². The lowest BCUT2D eigenvalue weighted by Crippen LogP contribution is -2.33. The Bertz CT molecular complexity index is 96.1. The predicted molar refractivity (Wildman–Crippen MR) is 45.5 cm³/mol. The molecule has 0 spiro atoms. The minimum atomic E-state index is -0.316. The number of likely N-dealkylation sites (N-methyl/N-ethyl adjacent to an activating group) is 1. The Hall–Kier alpha value is -0.120. The van der Waals surface area contributed by atoms with Crippen molar-refractivity contribution in [2.45, 2.75) is 32.5 Å². The molecule has 0 aromatic heterocycles. The first kappa shape index (κ1) is 10.9. The number of rotatable bonds is 5. The fourth-order valence-electron chi connectivity index (χ4n) is 1.01. The Morgan fingerprint density at radius 3 is 2.18 bits per heavy atom. The third-order valence-electron chi connectivity index (χ3n) is 1.57. The van der Waals surface area contributed by atoms with Crippen LogP contribution in [0.5, 0.6) is 0 Å². The quantitative estimate of drug-likeness (QED) is 0.599. The van der Waals surface area contributed by atoms with E-state index in [4.69, 9.17) is 5.11 Å². The van der Waals surface area contributed by atoms with Gasteiger partial charge in [-0.3, -0.25) is 0 Å². The van der Waals surface area contributed by atoms with Crippen LogP contribution in [0.1, 0.15) is 20.3 Å². The number of hydrogen-bond acceptors (Lipinski definition) is 3. The number of aliphatic hydroxyl groups excluding tert-OH is 2. The Morgan fingerprint density at radius 1 is 1.27 bits per heavy atom. The lowest BCUT2D eigenvalue weighted by atomic mass is 10.2. The van der Waals surface area contributed by atoms with Crippen molar-refractivity contribution in [2.24, 2.45) is 0 Å². The van der Waals surface area contributed by atoms with E-state index >= 15 is 0 Å². The average Bonchev–Trinajstić information content (AvgIpc) is 1.85. The normalized spacial score (nSPS) is 16.9. The molecule has 0 saturated heterocycles. The van der Waals surface area contributed by atoms with E-state index in [2.05, 4.69) is 0 Å². The van der Waals surface area contributed by atoms with E-state index in [9.17, 15) is 5.11 Å². The first-order chi connectivity index (χ1) is 5.06. The van der Waals surface area contributed by atoms with Crippen LogP contribution in [0.25, 0.3) is 0 Å². The molecule has 0 aliphatic heterocycles. The summed E-state index contributed by atoms with van der Waals surface area (Å²) >= 11 is 0. The highest BCUT2D eigenvalue weighted by Gasteiger charge is 2.07. The Balaban J connectivity index is 3.43. The molecular weight excluding hydrogens is 142 g/mol. The van der Waals surface area contributed by atoms with Crippen molar-refractivity contribution in [3.05, 3.63) is 0 Å². The van der Waals surface area contributed by atoms with Gasteiger partial charge in [-0.1, -0.05) is 6.92 Å². The molecule has 2 unspecified atom stereocenters. The first-order valence-corrected chi connectivity index (χ1v) is 4.11. The van der Waals surface area contributed by atoms with Crippen LogP contribution in [-0.2, 0) is 0 Å². The van der Waals surface area contributed by atoms with E-state index in [-0.39, 0.29) is 12.2 Å². The second-order valence-electron chi connectivity index (χ2n) is 3.13. The van der Waals surface area contributed by atoms with Crippen molar-refractivity contribution in [1.82, 2.24) is 4.90 Å². The lowest BCUT2D eigenvalue weighted by molar-refractivity contribution is 0.0887. The molecule has 0 heterocycles. The summed E-state index contributed by atoms with van der Waals surface area (Å²) in [5, 5.41) is 18.2. The Labute approximate surface area is 68.6 Å². The molecule has 0 aliphatic carbocycles. The monoisotopic (exact) mass is 161 g/mol. The largest absolute Gasteiger partial charge is 0.392 e. The third-order valence-corrected chi connectivity index (χ3v) is 1.57. The van der Waals surface area contributed by atoms with Crippen LogP contribution in [0, 0.1) is 0 Å². The molecule has 0 fully saturated rings. The molecule has 0 rings (SSSR count). The second-order valence-corrected chi connectivity index (χ2v) is 3.13. The minimum absolute atomic E-state index is 0.265. The van der Waals surface area contributed by atoms with Crippen molar-refractivity contribution in [3.63, 3.8) is 0 Å². The highest BCUT2D eigenvalue weighted by Crippen LogP contribution is 1.94. The van der Waals surface area contributed by atoms with E-state index in [0.717, 1.165) is 6.42 Å². The van der Waals surface area contributed by atoms with Gasteiger partial charge in [0.05, 0.1) is 12.2 Å². The zero-order valence-corrected chi connectivity index (χ0v) is 7.62. The number of aliphatic hydroxyl groups is 2. The van der Waals surface area contributed by atoms with Crippen LogP contribution in [0.15, 0.2) is 0 Å². The van der Waals surface area contributed by atoms with E-state index in [1.54, 1.807) is 6.92 Å². The van der Waals surface area contributed by atoms with Gasteiger partial charge in [-0.25, -0.2) is 0 Å². The molecule has 0 saturated carbocycles. The van der Waals surface area contributed by atoms with Crippen LogP contribution >= 0.6 is 0 Å². The highest BCUT2D eigenvalue weighted by molar-refractivity contribution is 4.61. The topological polar surface area (TPSA) is 43.7 Å². The fraction of sp³-hybridized carbons (Fsp3) is 1.00. The van der Waals surface area contributed by atoms with Gasteiger partial charge in [0.25, 0.3) is 0 Å². The maximum absolute atomic E-state index is 9.22. The molecule has 68 valence electrons. The van der Waals surface area contributed by atoms with Gasteiger partial charge in [0.1, 0.15) is 0 Å². The third kappa shape index (κ3) is 6.28. The van der Waals surface area contributed by atoms with E-state index in [1.165, 1.54) is 0 Å². The molecule has 11 heavy (non-hydrogen) atoms. The molecule has 0 bridgehead atoms. The summed E-state index contributed by atoms with van der Waals surface area (Å²) in [4.78, 5) is 1.93. The van der Waals surface area contributed by atoms with Crippen molar-refractivity contribution in [2.75, 3.05) is 20.1 Å². The van der Waals surface area contributed by atoms with Crippen LogP contribution in [0.2, 0.25) is 0 Å². The molecule has 0 amide bonds. The molecule has 0 aromatic rings. The molecule has 3 nitrogen and oxygen atoms in total. The summed E-state index contributed by atoms with van der Waals surface area (Å²) in [5.41, 5.74) is 0. The van der Waals surface area contributed by atoms with Crippen LogP contribution in [0.4, 0.5) is 0 Å². The van der Waals surface area contributed by atoms with Gasteiger partial charge in [0.2, 0.25) is 0 Å². The lowest BCUT2D eigenvalue weighted by Gasteiger charge is -2.20. The van der Waals surface area contributed by atoms with Gasteiger partial charge in [-0.2, -0.15) is 0 Å². The smallest absolute Gasteiger partial charge is 0.0664 e. The standard InChI is InChI=1S/C8H19NO2/c1-4-8(11)6-9(3)5-7(2)10/h7-8,10-11H,4-6H2,1-3H3. The zero-order valence-electron chi connectivity index (χ0n) is 7.62. The molecular formula is C8H19NO2. The van der Waals surface area contributed by atoms with Crippen molar-refractivity contribution in [1.29, 1.82) is 0 Å². The van der Waals surface area contributed by atoms with E-state index < -0.39 is 0 Å². The summed E-state index contributed by atoms with van der Waals surface area (Å²) in [6, 6.07) is 0. The van der Waals surface area contributed by atoms with Crippen molar-refractivity contribution in [3.8, 4) is 0 Å². The Kier molecular flexibility index (Phi) is 5.46. The van der Waals surface area contributed by atoms with Crippen LogP contribution in [-0.4, -0.2) is 47.5 Å². The van der Waals surface area contributed by atoms with E-state index in [1.807, 2.05) is 18.9 Å². The summed E-state index contributed by atoms with van der Waals surface area (Å²) in [6.45, 7) is 4.95. The summed E-state index contributed by atoms with van der Waals surface area (Å²) in [7, 11) is 1.89. The van der Waals surface area contributed by atoms with Crippen molar-refractivity contribution >= 4 is 0 Å². The average molecular weight is 161 g/mol. The molecule has 2 atom stereocenters. The maximum Gasteiger partial charge on any atom is 0.0664 e. The highest BCUT2D eigenvalue weighted by atomic mass is 16.3. The van der Waals surface area contributed by atoms with Gasteiger partial charge in [-0.05, 0) is 20.4 Å². The van der Waals surface area contributed by atoms with Gasteiger partial charge in [-0.15, -0.1) is 0 Å². The Morgan fingerprint density at radius 2 is 1.82 bits per heavy atom. The second kappa shape index (κ2) is 5.52. The molecule has 0 aromatic carbocycles. The summed E-state index contributed by atoms with van der Waals surface area (Å²) < 4.78 is 0. The number of hydrogen-bond donors (Lipinski definition) is 2. The molecule has 0 aliphatic rings. The number of nitrogens with zero attached hydrogens (tertiary/aromatic N) is 1. The van der Waals surface area contributed by atoms with Gasteiger partial charge < -0.3 is 15.1 Å². The molecule has 2 N–H and O–H groups in total. The molecule has 0 radical (unpaired) electrons. The molecule has 3 heteroatoms. The van der Waals surface area contributed by atoms with E-state index in [0.29, 0.717) is 13.1 Å². The minimum Gasteiger partial charge on any atom is -0.392 e. The van der Waals surface area contributed by atoms with Gasteiger partial charge >= 0.3 is 0 Å². The summed E-state index contributed by atoms with van der Waals surface area (Å²) in [5.74, 6) is 0. The van der Waals surface area contributed by atoms with Crippen LogP contribution < -0.4 is 0 Å². The SMILES string of the molecule is CCC(O)CN(C)CC(C)O. The fourth-order valence-corrected chi connectivity index (χ4v) is 1.01. The maximum atomic E-state index is 9.22.